The second-order valence-electron chi connectivity index (χ2n) is 5.85. The summed E-state index contributed by atoms with van der Waals surface area (Å²) < 4.78 is 0. The molecule has 0 aromatic carbocycles. The quantitative estimate of drug-likeness (QED) is 0.755. The zero-order chi connectivity index (χ0) is 15.5. The first-order chi connectivity index (χ1) is 10.0. The average Bonchev–Trinajstić information content (AvgIpc) is 3.01. The Morgan fingerprint density at radius 2 is 1.86 bits per heavy atom. The predicted molar refractivity (Wildman–Crippen MR) is 78.6 cm³/mol. The van der Waals surface area contributed by atoms with Crippen LogP contribution in [0.5, 0.6) is 0 Å². The Morgan fingerprint density at radius 3 is 2.43 bits per heavy atom. The molecule has 2 rings (SSSR count). The zero-order valence-corrected chi connectivity index (χ0v) is 13.0. The Bertz CT molecular complexity index is 426. The van der Waals surface area contributed by atoms with E-state index in [1.807, 2.05) is 13.8 Å². The summed E-state index contributed by atoms with van der Waals surface area (Å²) in [6, 6.07) is -0.294. The Hall–Kier alpha value is -1.59. The molecule has 6 nitrogen and oxygen atoms in total. The van der Waals surface area contributed by atoms with E-state index < -0.39 is 5.54 Å². The van der Waals surface area contributed by atoms with Crippen molar-refractivity contribution < 1.29 is 14.4 Å². The van der Waals surface area contributed by atoms with Crippen LogP contribution < -0.4 is 5.32 Å². The Labute approximate surface area is 125 Å². The van der Waals surface area contributed by atoms with Gasteiger partial charge in [0.25, 0.3) is 5.91 Å². The molecule has 2 fully saturated rings. The Morgan fingerprint density at radius 1 is 1.24 bits per heavy atom. The molecule has 0 bridgehead atoms. The van der Waals surface area contributed by atoms with Gasteiger partial charge in [0.15, 0.2) is 0 Å². The summed E-state index contributed by atoms with van der Waals surface area (Å²) in [6.07, 6.45) is 4.37. The van der Waals surface area contributed by atoms with Crippen molar-refractivity contribution in [3.63, 3.8) is 0 Å². The van der Waals surface area contributed by atoms with Crippen LogP contribution in [-0.2, 0) is 9.59 Å². The van der Waals surface area contributed by atoms with Gasteiger partial charge in [-0.15, -0.1) is 0 Å². The van der Waals surface area contributed by atoms with Gasteiger partial charge in [-0.25, -0.2) is 4.79 Å². The lowest BCUT2D eigenvalue weighted by Crippen LogP contribution is -2.44. The molecule has 0 atom stereocenters. The molecular formula is C15H25N3O3. The van der Waals surface area contributed by atoms with Gasteiger partial charge < -0.3 is 10.2 Å². The minimum Gasteiger partial charge on any atom is -0.343 e. The van der Waals surface area contributed by atoms with Crippen molar-refractivity contribution in [1.29, 1.82) is 0 Å². The summed E-state index contributed by atoms with van der Waals surface area (Å²) in [4.78, 5) is 39.4. The van der Waals surface area contributed by atoms with Crippen molar-refractivity contribution in [3.05, 3.63) is 0 Å². The standard InChI is InChI=1S/C15H25N3O3/c1-3-17(4-2)12(19)8-7-11-18-13(20)15(16-14(18)21)9-5-6-10-15/h3-11H2,1-2H3,(H,16,21). The van der Waals surface area contributed by atoms with Gasteiger partial charge in [0, 0.05) is 26.1 Å². The van der Waals surface area contributed by atoms with Crippen LogP contribution in [0.4, 0.5) is 4.79 Å². The molecule has 0 radical (unpaired) electrons. The third-order valence-electron chi connectivity index (χ3n) is 4.59. The number of hydrogen-bond acceptors (Lipinski definition) is 3. The topological polar surface area (TPSA) is 69.7 Å². The highest BCUT2D eigenvalue weighted by molar-refractivity contribution is 6.07. The van der Waals surface area contributed by atoms with E-state index in [-0.39, 0.29) is 17.8 Å². The van der Waals surface area contributed by atoms with E-state index in [4.69, 9.17) is 0 Å². The minimum atomic E-state index is -0.639. The average molecular weight is 295 g/mol. The van der Waals surface area contributed by atoms with E-state index in [1.54, 1.807) is 4.90 Å². The molecule has 118 valence electrons. The maximum absolute atomic E-state index is 12.4. The normalized spacial score (nSPS) is 20.2. The molecule has 1 saturated heterocycles. The van der Waals surface area contributed by atoms with Gasteiger partial charge in [-0.2, -0.15) is 0 Å². The molecular weight excluding hydrogens is 270 g/mol. The highest BCUT2D eigenvalue weighted by atomic mass is 16.2. The van der Waals surface area contributed by atoms with Crippen molar-refractivity contribution in [2.45, 2.75) is 57.9 Å². The van der Waals surface area contributed by atoms with Crippen molar-refractivity contribution >= 4 is 17.8 Å². The molecule has 1 N–H and O–H groups in total. The van der Waals surface area contributed by atoms with Crippen molar-refractivity contribution in [2.24, 2.45) is 0 Å². The van der Waals surface area contributed by atoms with Crippen LogP contribution in [0, 0.1) is 0 Å². The van der Waals surface area contributed by atoms with Gasteiger partial charge >= 0.3 is 6.03 Å². The maximum atomic E-state index is 12.4. The fourth-order valence-electron chi connectivity index (χ4n) is 3.32. The van der Waals surface area contributed by atoms with Crippen LogP contribution in [0.15, 0.2) is 0 Å². The highest BCUT2D eigenvalue weighted by Gasteiger charge is 2.51. The number of carbonyl (C=O) groups excluding carboxylic acids is 3. The van der Waals surface area contributed by atoms with E-state index in [0.29, 0.717) is 32.5 Å². The third kappa shape index (κ3) is 3.04. The van der Waals surface area contributed by atoms with Crippen molar-refractivity contribution in [2.75, 3.05) is 19.6 Å². The van der Waals surface area contributed by atoms with Crippen LogP contribution in [0.3, 0.4) is 0 Å². The first kappa shape index (κ1) is 15.8. The van der Waals surface area contributed by atoms with Gasteiger partial charge in [-0.3, -0.25) is 14.5 Å². The third-order valence-corrected chi connectivity index (χ3v) is 4.59. The summed E-state index contributed by atoms with van der Waals surface area (Å²) >= 11 is 0. The summed E-state index contributed by atoms with van der Waals surface area (Å²) in [5, 5.41) is 2.85. The van der Waals surface area contributed by atoms with Crippen LogP contribution >= 0.6 is 0 Å². The number of nitrogens with one attached hydrogen (secondary N) is 1. The molecule has 1 heterocycles. The van der Waals surface area contributed by atoms with Gasteiger partial charge in [-0.05, 0) is 33.1 Å². The van der Waals surface area contributed by atoms with Crippen LogP contribution in [0.2, 0.25) is 0 Å². The monoisotopic (exact) mass is 295 g/mol. The maximum Gasteiger partial charge on any atom is 0.325 e. The second-order valence-corrected chi connectivity index (χ2v) is 5.85. The van der Waals surface area contributed by atoms with Crippen molar-refractivity contribution in [1.82, 2.24) is 15.1 Å². The summed E-state index contributed by atoms with van der Waals surface area (Å²) in [5.74, 6) is -0.0112. The number of carbonyl (C=O) groups is 3. The summed E-state index contributed by atoms with van der Waals surface area (Å²) in [7, 11) is 0. The SMILES string of the molecule is CCN(CC)C(=O)CCCN1C(=O)NC2(CCCC2)C1=O. The Kier molecular flexibility index (Phi) is 4.85. The molecule has 1 spiro atoms. The smallest absolute Gasteiger partial charge is 0.325 e. The molecule has 1 saturated carbocycles. The lowest BCUT2D eigenvalue weighted by molar-refractivity contribution is -0.133. The first-order valence-corrected chi connectivity index (χ1v) is 7.96. The van der Waals surface area contributed by atoms with E-state index in [2.05, 4.69) is 5.32 Å². The fraction of sp³-hybridized carbons (Fsp3) is 0.800. The molecule has 0 aromatic rings. The summed E-state index contributed by atoms with van der Waals surface area (Å²) in [5.41, 5.74) is -0.639. The van der Waals surface area contributed by atoms with Crippen LogP contribution in [-0.4, -0.2) is 52.8 Å². The highest BCUT2D eigenvalue weighted by Crippen LogP contribution is 2.35. The van der Waals surface area contributed by atoms with Gasteiger partial charge in [0.2, 0.25) is 5.91 Å². The molecule has 0 unspecified atom stereocenters. The van der Waals surface area contributed by atoms with E-state index in [1.165, 1.54) is 4.90 Å². The fourth-order valence-corrected chi connectivity index (χ4v) is 3.32. The molecule has 21 heavy (non-hydrogen) atoms. The largest absolute Gasteiger partial charge is 0.343 e. The number of rotatable bonds is 6. The van der Waals surface area contributed by atoms with Gasteiger partial charge in [-0.1, -0.05) is 12.8 Å². The van der Waals surface area contributed by atoms with Gasteiger partial charge in [0.1, 0.15) is 5.54 Å². The molecule has 2 aliphatic rings. The van der Waals surface area contributed by atoms with E-state index >= 15 is 0 Å². The lowest BCUT2D eigenvalue weighted by Gasteiger charge is -2.21. The molecule has 1 aliphatic carbocycles. The molecule has 0 aromatic heterocycles. The van der Waals surface area contributed by atoms with E-state index in [0.717, 1.165) is 25.7 Å². The van der Waals surface area contributed by atoms with Crippen LogP contribution in [0.1, 0.15) is 52.4 Å². The van der Waals surface area contributed by atoms with Crippen LogP contribution in [0.25, 0.3) is 0 Å². The number of hydrogen-bond donors (Lipinski definition) is 1. The molecule has 1 aliphatic heterocycles. The van der Waals surface area contributed by atoms with Gasteiger partial charge in [0.05, 0.1) is 0 Å². The van der Waals surface area contributed by atoms with Crippen molar-refractivity contribution in [3.8, 4) is 0 Å². The first-order valence-electron chi connectivity index (χ1n) is 7.96. The number of nitrogens with zero attached hydrogens (tertiary/aromatic N) is 2. The molecule has 6 heteroatoms. The predicted octanol–water partition coefficient (Wildman–Crippen LogP) is 1.50. The number of amides is 4. The second kappa shape index (κ2) is 6.45. The summed E-state index contributed by atoms with van der Waals surface area (Å²) in [6.45, 7) is 5.62. The van der Waals surface area contributed by atoms with E-state index in [9.17, 15) is 14.4 Å². The number of imide groups is 1. The zero-order valence-electron chi connectivity index (χ0n) is 13.0. The molecule has 4 amide bonds. The number of urea groups is 1. The lowest BCUT2D eigenvalue weighted by atomic mass is 9.98. The Balaban J connectivity index is 1.85. The minimum absolute atomic E-state index is 0.0858.